The fraction of sp³-hybridized carbons (Fsp3) is 0.423. The lowest BCUT2D eigenvalue weighted by atomic mass is 9.82. The van der Waals surface area contributed by atoms with Crippen molar-refractivity contribution in [1.82, 2.24) is 15.1 Å². The fourth-order valence-corrected chi connectivity index (χ4v) is 5.88. The Bertz CT molecular complexity index is 1070. The van der Waals surface area contributed by atoms with Crippen molar-refractivity contribution in [3.05, 3.63) is 65.7 Å². The summed E-state index contributed by atoms with van der Waals surface area (Å²) in [5.74, 6) is -0.153. The van der Waals surface area contributed by atoms with Crippen LogP contribution in [0.5, 0.6) is 0 Å². The summed E-state index contributed by atoms with van der Waals surface area (Å²) in [6.07, 6.45) is 2.31. The third kappa shape index (κ3) is 4.83. The van der Waals surface area contributed by atoms with Crippen LogP contribution in [-0.4, -0.2) is 64.3 Å². The molecule has 2 aromatic rings. The molecule has 0 bridgehead atoms. The lowest BCUT2D eigenvalue weighted by Crippen LogP contribution is -2.61. The van der Waals surface area contributed by atoms with Crippen LogP contribution in [0.15, 0.2) is 54.6 Å². The molecule has 3 fully saturated rings. The van der Waals surface area contributed by atoms with Gasteiger partial charge < -0.3 is 10.2 Å². The largest absolute Gasteiger partial charge is 0.358 e. The molecule has 5 rings (SSSR count). The average molecular weight is 497 g/mol. The van der Waals surface area contributed by atoms with Crippen LogP contribution in [-0.2, 0) is 11.3 Å². The summed E-state index contributed by atoms with van der Waals surface area (Å²) in [7, 11) is 0. The molecule has 0 aromatic heterocycles. The van der Waals surface area contributed by atoms with Crippen LogP contribution in [0, 0.1) is 5.92 Å². The van der Waals surface area contributed by atoms with Gasteiger partial charge in [0, 0.05) is 49.7 Å². The molecule has 3 unspecified atom stereocenters. The van der Waals surface area contributed by atoms with E-state index in [9.17, 15) is 9.59 Å². The molecule has 2 aliphatic heterocycles. The minimum absolute atomic E-state index is 0.00329. The number of fused-ring (bicyclic) bond motifs is 1. The maximum atomic E-state index is 13.3. The lowest BCUT2D eigenvalue weighted by molar-refractivity contribution is -0.123. The zero-order chi connectivity index (χ0) is 23.7. The van der Waals surface area contributed by atoms with Crippen LogP contribution in [0.2, 0.25) is 0 Å². The van der Waals surface area contributed by atoms with Gasteiger partial charge in [0.1, 0.15) is 0 Å². The number of amides is 2. The number of thiocarbonyl (C=S) groups is 1. The van der Waals surface area contributed by atoms with Crippen LogP contribution in [0.3, 0.4) is 0 Å². The number of piperazine rings is 1. The van der Waals surface area contributed by atoms with Crippen LogP contribution < -0.4 is 10.2 Å². The molecule has 8 heteroatoms. The third-order valence-electron chi connectivity index (χ3n) is 7.10. The fourth-order valence-electron chi connectivity index (χ4n) is 5.22. The minimum Gasteiger partial charge on any atom is -0.358 e. The van der Waals surface area contributed by atoms with Gasteiger partial charge in [-0.15, -0.1) is 11.6 Å². The minimum atomic E-state index is -0.140. The van der Waals surface area contributed by atoms with Gasteiger partial charge in [0.25, 0.3) is 5.91 Å². The van der Waals surface area contributed by atoms with Crippen LogP contribution in [0.4, 0.5) is 5.69 Å². The van der Waals surface area contributed by atoms with Gasteiger partial charge in [-0.1, -0.05) is 36.4 Å². The van der Waals surface area contributed by atoms with E-state index in [0.29, 0.717) is 29.5 Å². The highest BCUT2D eigenvalue weighted by atomic mass is 35.5. The Hall–Kier alpha value is -2.48. The zero-order valence-corrected chi connectivity index (χ0v) is 20.6. The second-order valence-corrected chi connectivity index (χ2v) is 10.4. The van der Waals surface area contributed by atoms with E-state index in [2.05, 4.69) is 34.5 Å². The van der Waals surface area contributed by atoms with Crippen molar-refractivity contribution < 1.29 is 9.59 Å². The topological polar surface area (TPSA) is 55.9 Å². The maximum absolute atomic E-state index is 13.3. The van der Waals surface area contributed by atoms with Gasteiger partial charge in [-0.05, 0) is 55.2 Å². The lowest BCUT2D eigenvalue weighted by Gasteiger charge is -2.42. The van der Waals surface area contributed by atoms with E-state index in [1.165, 1.54) is 5.56 Å². The summed E-state index contributed by atoms with van der Waals surface area (Å²) in [6, 6.07) is 17.7. The molecule has 2 heterocycles. The second-order valence-electron chi connectivity index (χ2n) is 9.35. The van der Waals surface area contributed by atoms with Crippen molar-refractivity contribution >= 4 is 46.4 Å². The Morgan fingerprint density at radius 2 is 1.79 bits per heavy atom. The first-order valence-corrected chi connectivity index (χ1v) is 12.8. The number of anilines is 1. The first-order chi connectivity index (χ1) is 16.5. The van der Waals surface area contributed by atoms with E-state index in [-0.39, 0.29) is 29.2 Å². The number of nitrogens with one attached hydrogen (secondary N) is 1. The molecule has 0 radical (unpaired) electrons. The summed E-state index contributed by atoms with van der Waals surface area (Å²) in [5, 5.41) is 3.78. The summed E-state index contributed by atoms with van der Waals surface area (Å²) >= 11 is 11.9. The highest BCUT2D eigenvalue weighted by Gasteiger charge is 2.43. The Morgan fingerprint density at radius 3 is 2.56 bits per heavy atom. The maximum Gasteiger partial charge on any atom is 0.254 e. The van der Waals surface area contributed by atoms with Gasteiger partial charge in [0.05, 0.1) is 11.6 Å². The first kappa shape index (κ1) is 23.3. The molecule has 2 amide bonds. The summed E-state index contributed by atoms with van der Waals surface area (Å²) in [5.41, 5.74) is 2.51. The van der Waals surface area contributed by atoms with Gasteiger partial charge in [-0.2, -0.15) is 0 Å². The Balaban J connectivity index is 1.25. The smallest absolute Gasteiger partial charge is 0.254 e. The number of carbonyl (C=O) groups excluding carboxylic acids is 2. The number of rotatable bonds is 4. The molecule has 6 nitrogen and oxygen atoms in total. The monoisotopic (exact) mass is 496 g/mol. The summed E-state index contributed by atoms with van der Waals surface area (Å²) in [4.78, 5) is 32.4. The number of hydrogen-bond acceptors (Lipinski definition) is 4. The van der Waals surface area contributed by atoms with E-state index in [4.69, 9.17) is 23.8 Å². The second kappa shape index (κ2) is 10.0. The number of nitrogens with zero attached hydrogens (tertiary/aromatic N) is 3. The Morgan fingerprint density at radius 1 is 1.03 bits per heavy atom. The van der Waals surface area contributed by atoms with Crippen molar-refractivity contribution in [2.24, 2.45) is 5.92 Å². The van der Waals surface area contributed by atoms with Crippen LogP contribution >= 0.6 is 23.8 Å². The first-order valence-electron chi connectivity index (χ1n) is 11.9. The average Bonchev–Trinajstić information content (AvgIpc) is 2.85. The van der Waals surface area contributed by atoms with Gasteiger partial charge in [-0.3, -0.25) is 19.4 Å². The Kier molecular flexibility index (Phi) is 6.86. The van der Waals surface area contributed by atoms with Crippen LogP contribution in [0.1, 0.15) is 35.2 Å². The molecular weight excluding hydrogens is 468 g/mol. The molecule has 34 heavy (non-hydrogen) atoms. The zero-order valence-electron chi connectivity index (χ0n) is 19.0. The molecule has 2 aromatic carbocycles. The summed E-state index contributed by atoms with van der Waals surface area (Å²) < 4.78 is 0. The highest BCUT2D eigenvalue weighted by molar-refractivity contribution is 7.80. The normalized spacial score (nSPS) is 25.6. The highest BCUT2D eigenvalue weighted by Crippen LogP contribution is 2.34. The third-order valence-corrected chi connectivity index (χ3v) is 7.79. The predicted molar refractivity (Wildman–Crippen MR) is 138 cm³/mol. The van der Waals surface area contributed by atoms with E-state index in [0.717, 1.165) is 38.9 Å². The number of hydrogen-bond donors (Lipinski definition) is 1. The summed E-state index contributed by atoms with van der Waals surface area (Å²) in [6.45, 7) is 3.93. The van der Waals surface area contributed by atoms with Crippen LogP contribution in [0.25, 0.3) is 0 Å². The quantitative estimate of drug-likeness (QED) is 0.517. The number of halogens is 1. The van der Waals surface area contributed by atoms with E-state index >= 15 is 0 Å². The molecule has 0 spiro atoms. The van der Waals surface area contributed by atoms with E-state index < -0.39 is 0 Å². The Labute approximate surface area is 210 Å². The molecule has 1 saturated carbocycles. The molecular formula is C26H29ClN4O2S. The molecule has 3 aliphatic rings. The van der Waals surface area contributed by atoms with Gasteiger partial charge in [0.15, 0.2) is 5.11 Å². The van der Waals surface area contributed by atoms with Crippen molar-refractivity contribution in [3.8, 4) is 0 Å². The molecule has 178 valence electrons. The molecule has 1 aliphatic carbocycles. The standard InChI is InChI=1S/C26H29ClN4O2S/c27-20-9-10-22-23(16-20)28-26(34)31(25(22)33)21-8-4-7-19(15-21)24(32)30-13-11-29(12-14-30)17-18-5-2-1-3-6-18/h1-8,15,20,22-23H,9-14,16-17H2,(H,28,34). The molecule has 3 atom stereocenters. The van der Waals surface area contributed by atoms with Gasteiger partial charge in [-0.25, -0.2) is 0 Å². The predicted octanol–water partition coefficient (Wildman–Crippen LogP) is 3.64. The van der Waals surface area contributed by atoms with Crippen molar-refractivity contribution in [3.63, 3.8) is 0 Å². The van der Waals surface area contributed by atoms with E-state index in [1.54, 1.807) is 11.0 Å². The van der Waals surface area contributed by atoms with E-state index in [1.807, 2.05) is 29.2 Å². The SMILES string of the molecule is O=C(c1cccc(N2C(=O)C3CCC(Cl)CC3NC2=S)c1)N1CCN(Cc2ccccc2)CC1. The number of benzene rings is 2. The number of alkyl halides is 1. The van der Waals surface area contributed by atoms with Crippen molar-refractivity contribution in [2.45, 2.75) is 37.2 Å². The van der Waals surface area contributed by atoms with Crippen molar-refractivity contribution in [2.75, 3.05) is 31.1 Å². The van der Waals surface area contributed by atoms with Crippen molar-refractivity contribution in [1.29, 1.82) is 0 Å². The molecule has 1 N–H and O–H groups in total. The number of carbonyl (C=O) groups is 2. The van der Waals surface area contributed by atoms with Gasteiger partial charge in [0.2, 0.25) is 5.91 Å². The van der Waals surface area contributed by atoms with Gasteiger partial charge >= 0.3 is 0 Å². The molecule has 2 saturated heterocycles.